The predicted molar refractivity (Wildman–Crippen MR) is 59.9 cm³/mol. The van der Waals surface area contributed by atoms with E-state index >= 15 is 0 Å². The van der Waals surface area contributed by atoms with Gasteiger partial charge < -0.3 is 15.7 Å². The van der Waals surface area contributed by atoms with Crippen molar-refractivity contribution in [3.8, 4) is 0 Å². The topological polar surface area (TPSA) is 78.4 Å². The lowest BCUT2D eigenvalue weighted by atomic mass is 9.96. The van der Waals surface area contributed by atoms with Crippen molar-refractivity contribution in [3.05, 3.63) is 0 Å². The zero-order valence-electron chi connectivity index (χ0n) is 9.99. The third-order valence-electron chi connectivity index (χ3n) is 3.08. The summed E-state index contributed by atoms with van der Waals surface area (Å²) >= 11 is 0. The lowest BCUT2D eigenvalue weighted by Gasteiger charge is -2.21. The van der Waals surface area contributed by atoms with Gasteiger partial charge in [0.25, 0.3) is 0 Å². The second-order valence-electron chi connectivity index (χ2n) is 4.81. The van der Waals surface area contributed by atoms with Gasteiger partial charge in [0.1, 0.15) is 6.04 Å². The maximum atomic E-state index is 11.9. The van der Waals surface area contributed by atoms with Crippen LogP contribution in [0.3, 0.4) is 0 Å². The Bertz CT molecular complexity index is 278. The van der Waals surface area contributed by atoms with Crippen molar-refractivity contribution < 1.29 is 14.7 Å². The van der Waals surface area contributed by atoms with E-state index < -0.39 is 12.0 Å². The van der Waals surface area contributed by atoms with E-state index in [-0.39, 0.29) is 23.7 Å². The molecule has 92 valence electrons. The van der Waals surface area contributed by atoms with Crippen LogP contribution >= 0.6 is 0 Å². The number of hydrogen-bond acceptors (Lipinski definition) is 3. The molecule has 0 aromatic carbocycles. The van der Waals surface area contributed by atoms with Gasteiger partial charge in [-0.25, -0.2) is 4.79 Å². The Labute approximate surface area is 95.6 Å². The second kappa shape index (κ2) is 5.30. The van der Waals surface area contributed by atoms with Crippen LogP contribution in [-0.2, 0) is 9.59 Å². The highest BCUT2D eigenvalue weighted by molar-refractivity contribution is 5.85. The first kappa shape index (κ1) is 13.0. The smallest absolute Gasteiger partial charge is 0.326 e. The molecule has 3 atom stereocenters. The third kappa shape index (κ3) is 2.95. The quantitative estimate of drug-likeness (QED) is 0.636. The molecule has 1 fully saturated rings. The molecule has 1 aliphatic rings. The summed E-state index contributed by atoms with van der Waals surface area (Å²) in [5.74, 6) is -1.08. The van der Waals surface area contributed by atoms with E-state index in [1.807, 2.05) is 6.92 Å². The molecule has 0 aliphatic carbocycles. The van der Waals surface area contributed by atoms with E-state index in [2.05, 4.69) is 10.6 Å². The molecule has 5 heteroatoms. The Balaban J connectivity index is 2.58. The molecule has 5 nitrogen and oxygen atoms in total. The van der Waals surface area contributed by atoms with Crippen LogP contribution in [0.1, 0.15) is 20.8 Å². The minimum absolute atomic E-state index is 0.105. The van der Waals surface area contributed by atoms with E-state index in [9.17, 15) is 9.59 Å². The van der Waals surface area contributed by atoms with Crippen molar-refractivity contribution in [2.24, 2.45) is 17.8 Å². The summed E-state index contributed by atoms with van der Waals surface area (Å²) < 4.78 is 0. The maximum Gasteiger partial charge on any atom is 0.326 e. The first-order valence-corrected chi connectivity index (χ1v) is 5.67. The molecule has 0 aromatic heterocycles. The minimum Gasteiger partial charge on any atom is -0.480 e. The van der Waals surface area contributed by atoms with E-state index in [0.717, 1.165) is 6.54 Å². The van der Waals surface area contributed by atoms with E-state index in [0.29, 0.717) is 6.54 Å². The highest BCUT2D eigenvalue weighted by Gasteiger charge is 2.32. The Morgan fingerprint density at radius 3 is 2.38 bits per heavy atom. The van der Waals surface area contributed by atoms with Crippen molar-refractivity contribution in [1.29, 1.82) is 0 Å². The highest BCUT2D eigenvalue weighted by atomic mass is 16.4. The summed E-state index contributed by atoms with van der Waals surface area (Å²) in [5.41, 5.74) is 0. The zero-order valence-corrected chi connectivity index (χ0v) is 9.99. The lowest BCUT2D eigenvalue weighted by Crippen LogP contribution is -2.47. The Kier molecular flexibility index (Phi) is 4.29. The van der Waals surface area contributed by atoms with Crippen LogP contribution in [0.25, 0.3) is 0 Å². The summed E-state index contributed by atoms with van der Waals surface area (Å²) in [6.07, 6.45) is 0. The molecule has 0 aromatic rings. The SMILES string of the molecule is CC1CNCC1C(=O)N[C@H](C(=O)O)C(C)C. The maximum absolute atomic E-state index is 11.9. The molecule has 1 heterocycles. The second-order valence-corrected chi connectivity index (χ2v) is 4.81. The fourth-order valence-corrected chi connectivity index (χ4v) is 1.93. The molecule has 1 aliphatic heterocycles. The summed E-state index contributed by atoms with van der Waals surface area (Å²) in [6, 6.07) is -0.791. The summed E-state index contributed by atoms with van der Waals surface area (Å²) in [7, 11) is 0. The number of carbonyl (C=O) groups excluding carboxylic acids is 1. The molecule has 1 saturated heterocycles. The van der Waals surface area contributed by atoms with Crippen LogP contribution in [0.15, 0.2) is 0 Å². The first-order chi connectivity index (χ1) is 7.43. The number of amides is 1. The van der Waals surface area contributed by atoms with Gasteiger partial charge in [-0.05, 0) is 18.4 Å². The first-order valence-electron chi connectivity index (χ1n) is 5.67. The minimum atomic E-state index is -0.970. The summed E-state index contributed by atoms with van der Waals surface area (Å²) in [4.78, 5) is 22.8. The van der Waals surface area contributed by atoms with Gasteiger partial charge in [-0.15, -0.1) is 0 Å². The van der Waals surface area contributed by atoms with Crippen LogP contribution in [0.4, 0.5) is 0 Å². The van der Waals surface area contributed by atoms with Crippen LogP contribution in [0.2, 0.25) is 0 Å². The van der Waals surface area contributed by atoms with Crippen molar-refractivity contribution in [2.75, 3.05) is 13.1 Å². The molecule has 3 N–H and O–H groups in total. The van der Waals surface area contributed by atoms with E-state index in [1.165, 1.54) is 0 Å². The average molecular weight is 228 g/mol. The number of rotatable bonds is 4. The van der Waals surface area contributed by atoms with Crippen LogP contribution in [0, 0.1) is 17.8 Å². The Morgan fingerprint density at radius 1 is 1.38 bits per heavy atom. The number of nitrogens with one attached hydrogen (secondary N) is 2. The fourth-order valence-electron chi connectivity index (χ4n) is 1.93. The number of carbonyl (C=O) groups is 2. The normalized spacial score (nSPS) is 26.8. The van der Waals surface area contributed by atoms with Gasteiger partial charge in [0.15, 0.2) is 0 Å². The molecule has 1 rings (SSSR count). The van der Waals surface area contributed by atoms with Crippen molar-refractivity contribution in [1.82, 2.24) is 10.6 Å². The van der Waals surface area contributed by atoms with Gasteiger partial charge in [-0.2, -0.15) is 0 Å². The largest absolute Gasteiger partial charge is 0.480 e. The monoisotopic (exact) mass is 228 g/mol. The lowest BCUT2D eigenvalue weighted by molar-refractivity contribution is -0.143. The number of hydrogen-bond donors (Lipinski definition) is 3. The summed E-state index contributed by atoms with van der Waals surface area (Å²) in [6.45, 7) is 7.02. The molecule has 0 radical (unpaired) electrons. The van der Waals surface area contributed by atoms with Crippen LogP contribution in [0.5, 0.6) is 0 Å². The molecule has 2 unspecified atom stereocenters. The van der Waals surface area contributed by atoms with Crippen LogP contribution in [-0.4, -0.2) is 36.1 Å². The average Bonchev–Trinajstić information content (AvgIpc) is 2.59. The zero-order chi connectivity index (χ0) is 12.3. The van der Waals surface area contributed by atoms with Gasteiger partial charge in [-0.1, -0.05) is 20.8 Å². The molecule has 1 amide bonds. The van der Waals surface area contributed by atoms with Gasteiger partial charge >= 0.3 is 5.97 Å². The molecular formula is C11H20N2O3. The fraction of sp³-hybridized carbons (Fsp3) is 0.818. The molecule has 16 heavy (non-hydrogen) atoms. The van der Waals surface area contributed by atoms with Gasteiger partial charge in [0, 0.05) is 6.54 Å². The standard InChI is InChI=1S/C11H20N2O3/c1-6(2)9(11(15)16)13-10(14)8-5-12-4-7(8)3/h6-9,12H,4-5H2,1-3H3,(H,13,14)(H,15,16)/t7?,8?,9-/m0/s1. The third-order valence-corrected chi connectivity index (χ3v) is 3.08. The Morgan fingerprint density at radius 2 is 2.00 bits per heavy atom. The molecule has 0 bridgehead atoms. The van der Waals surface area contributed by atoms with E-state index in [4.69, 9.17) is 5.11 Å². The Hall–Kier alpha value is -1.10. The summed E-state index contributed by atoms with van der Waals surface area (Å²) in [5, 5.41) is 14.7. The van der Waals surface area contributed by atoms with Crippen molar-refractivity contribution in [3.63, 3.8) is 0 Å². The van der Waals surface area contributed by atoms with Crippen molar-refractivity contribution >= 4 is 11.9 Å². The predicted octanol–water partition coefficient (Wildman–Crippen LogP) is 0.0673. The molecule has 0 saturated carbocycles. The van der Waals surface area contributed by atoms with Gasteiger partial charge in [0.2, 0.25) is 5.91 Å². The number of carboxylic acids is 1. The molecule has 0 spiro atoms. The van der Waals surface area contributed by atoms with Gasteiger partial charge in [0.05, 0.1) is 5.92 Å². The van der Waals surface area contributed by atoms with Crippen LogP contribution < -0.4 is 10.6 Å². The number of aliphatic carboxylic acids is 1. The van der Waals surface area contributed by atoms with Crippen molar-refractivity contribution in [2.45, 2.75) is 26.8 Å². The van der Waals surface area contributed by atoms with E-state index in [1.54, 1.807) is 13.8 Å². The highest BCUT2D eigenvalue weighted by Crippen LogP contribution is 2.16. The molecular weight excluding hydrogens is 208 g/mol. The van der Waals surface area contributed by atoms with Gasteiger partial charge in [-0.3, -0.25) is 4.79 Å². The number of carboxylic acid groups (broad SMARTS) is 1.